The summed E-state index contributed by atoms with van der Waals surface area (Å²) in [4.78, 5) is 0.0525. The van der Waals surface area contributed by atoms with Gasteiger partial charge in [-0.1, -0.05) is 31.1 Å². The summed E-state index contributed by atoms with van der Waals surface area (Å²) in [5.41, 5.74) is 5.80. The van der Waals surface area contributed by atoms with Crippen LogP contribution in [0, 0.1) is 5.82 Å². The Hall–Kier alpha value is -1.16. The third kappa shape index (κ3) is 3.19. The molecule has 0 radical (unpaired) electrons. The second-order valence-electron chi connectivity index (χ2n) is 4.71. The second kappa shape index (κ2) is 6.14. The Bertz CT molecular complexity index is 428. The van der Waals surface area contributed by atoms with Gasteiger partial charge in [0.25, 0.3) is 0 Å². The van der Waals surface area contributed by atoms with Crippen molar-refractivity contribution in [2.45, 2.75) is 44.6 Å². The number of nitrogens with two attached hydrogens (primary N) is 1. The third-order valence-electron chi connectivity index (χ3n) is 3.32. The summed E-state index contributed by atoms with van der Waals surface area (Å²) in [6.45, 7) is 0. The van der Waals surface area contributed by atoms with Gasteiger partial charge in [0.1, 0.15) is 16.6 Å². The van der Waals surface area contributed by atoms with Gasteiger partial charge in [0.2, 0.25) is 0 Å². The lowest BCUT2D eigenvalue weighted by Crippen LogP contribution is -2.19. The van der Waals surface area contributed by atoms with Crippen LogP contribution in [0.15, 0.2) is 18.2 Å². The number of benzene rings is 1. The Kier molecular flexibility index (Phi) is 4.53. The van der Waals surface area contributed by atoms with E-state index in [-0.39, 0.29) is 16.7 Å². The maximum absolute atomic E-state index is 13.7. The van der Waals surface area contributed by atoms with Crippen LogP contribution in [0.3, 0.4) is 0 Å². The molecule has 0 atom stereocenters. The summed E-state index contributed by atoms with van der Waals surface area (Å²) in [6, 6.07) is 4.72. The first-order valence-corrected chi connectivity index (χ1v) is 6.84. The van der Waals surface area contributed by atoms with E-state index in [1.165, 1.54) is 31.7 Å². The molecule has 2 rings (SSSR count). The van der Waals surface area contributed by atoms with Crippen LogP contribution in [0.5, 0.6) is 5.75 Å². The van der Waals surface area contributed by atoms with E-state index in [0.29, 0.717) is 5.75 Å². The molecular weight excluding hydrogens is 249 g/mol. The van der Waals surface area contributed by atoms with E-state index >= 15 is 0 Å². The first kappa shape index (κ1) is 13.3. The predicted octanol–water partition coefficient (Wildman–Crippen LogP) is 3.56. The standard InChI is InChI=1S/C14H18FNOS/c15-11-8-5-9-12(13(11)14(16)18)17-10-6-3-1-2-4-7-10/h5,8-10H,1-4,6-7H2,(H2,16,18). The average Bonchev–Trinajstić information content (AvgIpc) is 2.57. The quantitative estimate of drug-likeness (QED) is 0.672. The largest absolute Gasteiger partial charge is 0.490 e. The molecule has 0 unspecified atom stereocenters. The summed E-state index contributed by atoms with van der Waals surface area (Å²) >= 11 is 4.89. The van der Waals surface area contributed by atoms with Gasteiger partial charge in [0.15, 0.2) is 0 Å². The Morgan fingerprint density at radius 3 is 2.50 bits per heavy atom. The van der Waals surface area contributed by atoms with Gasteiger partial charge < -0.3 is 10.5 Å². The lowest BCUT2D eigenvalue weighted by molar-refractivity contribution is 0.183. The number of halogens is 1. The first-order chi connectivity index (χ1) is 8.68. The second-order valence-corrected chi connectivity index (χ2v) is 5.15. The zero-order valence-electron chi connectivity index (χ0n) is 10.3. The molecule has 0 spiro atoms. The minimum Gasteiger partial charge on any atom is -0.490 e. The molecular formula is C14H18FNOS. The maximum Gasteiger partial charge on any atom is 0.137 e. The number of rotatable bonds is 3. The van der Waals surface area contributed by atoms with Gasteiger partial charge in [-0.2, -0.15) is 0 Å². The molecule has 0 aromatic heterocycles. The molecule has 0 amide bonds. The third-order valence-corrected chi connectivity index (χ3v) is 3.52. The topological polar surface area (TPSA) is 35.2 Å². The predicted molar refractivity (Wildman–Crippen MR) is 74.4 cm³/mol. The highest BCUT2D eigenvalue weighted by molar-refractivity contribution is 7.80. The molecule has 4 heteroatoms. The first-order valence-electron chi connectivity index (χ1n) is 6.43. The van der Waals surface area contributed by atoms with Crippen molar-refractivity contribution < 1.29 is 9.13 Å². The monoisotopic (exact) mass is 267 g/mol. The van der Waals surface area contributed by atoms with Crippen LogP contribution in [0.25, 0.3) is 0 Å². The van der Waals surface area contributed by atoms with Crippen LogP contribution in [-0.4, -0.2) is 11.1 Å². The molecule has 1 aliphatic rings. The maximum atomic E-state index is 13.7. The minimum atomic E-state index is -0.409. The van der Waals surface area contributed by atoms with E-state index in [0.717, 1.165) is 12.8 Å². The van der Waals surface area contributed by atoms with Crippen molar-refractivity contribution >= 4 is 17.2 Å². The zero-order valence-corrected chi connectivity index (χ0v) is 11.1. The number of hydrogen-bond acceptors (Lipinski definition) is 2. The molecule has 1 fully saturated rings. The Labute approximate surface area is 112 Å². The summed E-state index contributed by atoms with van der Waals surface area (Å²) in [7, 11) is 0. The molecule has 1 aliphatic carbocycles. The summed E-state index contributed by atoms with van der Waals surface area (Å²) < 4.78 is 19.6. The molecule has 1 aromatic rings. The van der Waals surface area contributed by atoms with E-state index in [4.69, 9.17) is 22.7 Å². The van der Waals surface area contributed by atoms with Crippen LogP contribution in [0.1, 0.15) is 44.1 Å². The van der Waals surface area contributed by atoms with Gasteiger partial charge in [-0.15, -0.1) is 0 Å². The fourth-order valence-corrected chi connectivity index (χ4v) is 2.58. The zero-order chi connectivity index (χ0) is 13.0. The summed E-state index contributed by atoms with van der Waals surface area (Å²) in [5, 5.41) is 0. The smallest absolute Gasteiger partial charge is 0.137 e. The van der Waals surface area contributed by atoms with Crippen LogP contribution in [0.2, 0.25) is 0 Å². The highest BCUT2D eigenvalue weighted by Crippen LogP contribution is 2.27. The van der Waals surface area contributed by atoms with Crippen LogP contribution in [-0.2, 0) is 0 Å². The summed E-state index contributed by atoms with van der Waals surface area (Å²) in [6.07, 6.45) is 7.05. The van der Waals surface area contributed by atoms with Crippen LogP contribution >= 0.6 is 12.2 Å². The Morgan fingerprint density at radius 1 is 1.22 bits per heavy atom. The molecule has 18 heavy (non-hydrogen) atoms. The van der Waals surface area contributed by atoms with Gasteiger partial charge in [-0.05, 0) is 37.8 Å². The lowest BCUT2D eigenvalue weighted by atomic mass is 10.1. The fraction of sp³-hybridized carbons (Fsp3) is 0.500. The minimum absolute atomic E-state index is 0.0525. The number of hydrogen-bond donors (Lipinski definition) is 1. The van der Waals surface area contributed by atoms with E-state index in [1.54, 1.807) is 12.1 Å². The van der Waals surface area contributed by atoms with E-state index in [9.17, 15) is 4.39 Å². The normalized spacial score (nSPS) is 17.2. The molecule has 0 saturated heterocycles. The van der Waals surface area contributed by atoms with Crippen molar-refractivity contribution in [2.75, 3.05) is 0 Å². The van der Waals surface area contributed by atoms with E-state index in [1.807, 2.05) is 0 Å². The van der Waals surface area contributed by atoms with Crippen molar-refractivity contribution in [3.05, 3.63) is 29.6 Å². The molecule has 2 nitrogen and oxygen atoms in total. The number of thiocarbonyl (C=S) groups is 1. The van der Waals surface area contributed by atoms with Crippen LogP contribution < -0.4 is 10.5 Å². The van der Waals surface area contributed by atoms with Crippen molar-refractivity contribution in [3.8, 4) is 5.75 Å². The van der Waals surface area contributed by atoms with Gasteiger partial charge in [-0.3, -0.25) is 0 Å². The van der Waals surface area contributed by atoms with Crippen molar-refractivity contribution in [2.24, 2.45) is 5.73 Å². The molecule has 2 N–H and O–H groups in total. The molecule has 0 bridgehead atoms. The van der Waals surface area contributed by atoms with Crippen molar-refractivity contribution in [1.82, 2.24) is 0 Å². The Balaban J connectivity index is 2.17. The van der Waals surface area contributed by atoms with E-state index in [2.05, 4.69) is 0 Å². The molecule has 0 heterocycles. The van der Waals surface area contributed by atoms with Gasteiger partial charge >= 0.3 is 0 Å². The van der Waals surface area contributed by atoms with Crippen LogP contribution in [0.4, 0.5) is 4.39 Å². The van der Waals surface area contributed by atoms with Gasteiger partial charge in [0.05, 0.1) is 11.7 Å². The molecule has 1 aromatic carbocycles. The highest BCUT2D eigenvalue weighted by atomic mass is 32.1. The van der Waals surface area contributed by atoms with Gasteiger partial charge in [-0.25, -0.2) is 4.39 Å². The Morgan fingerprint density at radius 2 is 1.89 bits per heavy atom. The summed E-state index contributed by atoms with van der Waals surface area (Å²) in [5.74, 6) is 0.0722. The number of ether oxygens (including phenoxy) is 1. The average molecular weight is 267 g/mol. The lowest BCUT2D eigenvalue weighted by Gasteiger charge is -2.19. The highest BCUT2D eigenvalue weighted by Gasteiger charge is 2.18. The SMILES string of the molecule is NC(=S)c1c(F)cccc1OC1CCCCCC1. The van der Waals surface area contributed by atoms with E-state index < -0.39 is 5.82 Å². The fourth-order valence-electron chi connectivity index (χ4n) is 2.38. The van der Waals surface area contributed by atoms with Gasteiger partial charge in [0, 0.05) is 0 Å². The van der Waals surface area contributed by atoms with Crippen molar-refractivity contribution in [3.63, 3.8) is 0 Å². The molecule has 1 saturated carbocycles. The molecule has 0 aliphatic heterocycles. The molecule has 98 valence electrons. The van der Waals surface area contributed by atoms with Crippen molar-refractivity contribution in [1.29, 1.82) is 0 Å².